The van der Waals surface area contributed by atoms with Crippen LogP contribution in [0.1, 0.15) is 27.2 Å². The maximum atomic E-state index is 11.9. The Morgan fingerprint density at radius 2 is 2.25 bits per heavy atom. The highest BCUT2D eigenvalue weighted by Crippen LogP contribution is 2.28. The number of nitrogens with two attached hydrogens (primary N) is 1. The molecule has 0 aromatic rings. The fourth-order valence-electron chi connectivity index (χ4n) is 1.96. The maximum Gasteiger partial charge on any atom is 0.251 e. The van der Waals surface area contributed by atoms with Crippen molar-refractivity contribution in [2.24, 2.45) is 11.1 Å². The van der Waals surface area contributed by atoms with E-state index in [0.717, 1.165) is 19.5 Å². The lowest BCUT2D eigenvalue weighted by Crippen LogP contribution is -2.40. The third-order valence-corrected chi connectivity index (χ3v) is 3.13. The molecule has 0 aromatic carbocycles. The fraction of sp³-hybridized carbons (Fsp3) is 0.909. The minimum Gasteiger partial charge on any atom is -0.369 e. The summed E-state index contributed by atoms with van der Waals surface area (Å²) in [5, 5.41) is 0. The van der Waals surface area contributed by atoms with Crippen molar-refractivity contribution in [3.8, 4) is 0 Å². The van der Waals surface area contributed by atoms with Gasteiger partial charge >= 0.3 is 0 Å². The first-order valence-corrected chi connectivity index (χ1v) is 5.63. The van der Waals surface area contributed by atoms with Crippen LogP contribution in [0.25, 0.3) is 0 Å². The van der Waals surface area contributed by atoms with Gasteiger partial charge in [-0.25, -0.2) is 0 Å². The molecule has 2 N–H and O–H groups in total. The molecule has 1 aliphatic heterocycles. The van der Waals surface area contributed by atoms with E-state index in [0.29, 0.717) is 13.2 Å². The Balaban J connectivity index is 0.00000225. The number of hydrogen-bond acceptors (Lipinski definition) is 3. The molecular formula is C11H23ClN2O2. The van der Waals surface area contributed by atoms with Crippen molar-refractivity contribution in [1.82, 2.24) is 4.90 Å². The SMILES string of the molecule is CCOC(C)C(=O)N1CCC(C)(CN)C1.Cl. The van der Waals surface area contributed by atoms with Crippen LogP contribution in [0.5, 0.6) is 0 Å². The predicted molar refractivity (Wildman–Crippen MR) is 66.7 cm³/mol. The van der Waals surface area contributed by atoms with Crippen LogP contribution >= 0.6 is 12.4 Å². The van der Waals surface area contributed by atoms with Gasteiger partial charge < -0.3 is 15.4 Å². The van der Waals surface area contributed by atoms with Crippen LogP contribution in [-0.4, -0.2) is 43.2 Å². The number of hydrogen-bond donors (Lipinski definition) is 1. The van der Waals surface area contributed by atoms with E-state index in [1.165, 1.54) is 0 Å². The molecule has 16 heavy (non-hydrogen) atoms. The quantitative estimate of drug-likeness (QED) is 0.811. The van der Waals surface area contributed by atoms with E-state index in [9.17, 15) is 4.79 Å². The van der Waals surface area contributed by atoms with Gasteiger partial charge in [0.05, 0.1) is 0 Å². The van der Waals surface area contributed by atoms with E-state index in [1.54, 1.807) is 0 Å². The van der Waals surface area contributed by atoms with Crippen LogP contribution < -0.4 is 5.73 Å². The van der Waals surface area contributed by atoms with Crippen LogP contribution in [-0.2, 0) is 9.53 Å². The zero-order valence-electron chi connectivity index (χ0n) is 10.4. The van der Waals surface area contributed by atoms with E-state index >= 15 is 0 Å². The zero-order chi connectivity index (χ0) is 11.5. The second kappa shape index (κ2) is 6.42. The topological polar surface area (TPSA) is 55.6 Å². The summed E-state index contributed by atoms with van der Waals surface area (Å²) in [6.45, 7) is 8.63. The molecule has 1 aliphatic rings. The van der Waals surface area contributed by atoms with E-state index in [4.69, 9.17) is 10.5 Å². The third-order valence-electron chi connectivity index (χ3n) is 3.13. The summed E-state index contributed by atoms with van der Waals surface area (Å²) in [4.78, 5) is 13.8. The molecule has 0 aromatic heterocycles. The summed E-state index contributed by atoms with van der Waals surface area (Å²) in [5.74, 6) is 0.0917. The monoisotopic (exact) mass is 250 g/mol. The highest BCUT2D eigenvalue weighted by molar-refractivity contribution is 5.85. The molecule has 1 amide bonds. The molecule has 2 unspecified atom stereocenters. The van der Waals surface area contributed by atoms with Gasteiger partial charge in [-0.2, -0.15) is 0 Å². The molecule has 0 spiro atoms. The lowest BCUT2D eigenvalue weighted by Gasteiger charge is -2.24. The van der Waals surface area contributed by atoms with Crippen molar-refractivity contribution in [2.45, 2.75) is 33.3 Å². The zero-order valence-corrected chi connectivity index (χ0v) is 11.2. The predicted octanol–water partition coefficient (Wildman–Crippen LogP) is 1.03. The first kappa shape index (κ1) is 15.7. The average Bonchev–Trinajstić information content (AvgIpc) is 2.61. The fourth-order valence-corrected chi connectivity index (χ4v) is 1.96. The Bertz CT molecular complexity index is 238. The van der Waals surface area contributed by atoms with Crippen LogP contribution in [0, 0.1) is 5.41 Å². The molecule has 0 radical (unpaired) electrons. The van der Waals surface area contributed by atoms with E-state index in [1.807, 2.05) is 18.7 Å². The molecule has 0 saturated carbocycles. The average molecular weight is 251 g/mol. The van der Waals surface area contributed by atoms with Crippen LogP contribution in [0.4, 0.5) is 0 Å². The van der Waals surface area contributed by atoms with Crippen molar-refractivity contribution in [3.05, 3.63) is 0 Å². The third kappa shape index (κ3) is 3.61. The van der Waals surface area contributed by atoms with Crippen LogP contribution in [0.3, 0.4) is 0 Å². The minimum absolute atomic E-state index is 0. The number of rotatable bonds is 4. The van der Waals surface area contributed by atoms with Crippen molar-refractivity contribution < 1.29 is 9.53 Å². The number of carbonyl (C=O) groups is 1. The van der Waals surface area contributed by atoms with E-state index in [2.05, 4.69) is 6.92 Å². The van der Waals surface area contributed by atoms with Gasteiger partial charge in [0, 0.05) is 19.7 Å². The maximum absolute atomic E-state index is 11.9. The Morgan fingerprint density at radius 3 is 2.69 bits per heavy atom. The summed E-state index contributed by atoms with van der Waals surface area (Å²) >= 11 is 0. The number of amides is 1. The van der Waals surface area contributed by atoms with Gasteiger partial charge in [0.2, 0.25) is 0 Å². The highest BCUT2D eigenvalue weighted by atomic mass is 35.5. The van der Waals surface area contributed by atoms with E-state index in [-0.39, 0.29) is 29.8 Å². The molecule has 1 rings (SSSR count). The Kier molecular flexibility index (Phi) is 6.30. The van der Waals surface area contributed by atoms with Crippen molar-refractivity contribution in [2.75, 3.05) is 26.2 Å². The first-order valence-electron chi connectivity index (χ1n) is 5.63. The van der Waals surface area contributed by atoms with Gasteiger partial charge in [-0.15, -0.1) is 12.4 Å². The van der Waals surface area contributed by atoms with Gasteiger partial charge in [-0.1, -0.05) is 6.92 Å². The molecule has 1 fully saturated rings. The molecule has 0 bridgehead atoms. The minimum atomic E-state index is -0.324. The van der Waals surface area contributed by atoms with Gasteiger partial charge in [-0.3, -0.25) is 4.79 Å². The summed E-state index contributed by atoms with van der Waals surface area (Å²) in [5.41, 5.74) is 5.79. The Hall–Kier alpha value is -0.320. The van der Waals surface area contributed by atoms with Crippen LogP contribution in [0.15, 0.2) is 0 Å². The summed E-state index contributed by atoms with van der Waals surface area (Å²) in [7, 11) is 0. The van der Waals surface area contributed by atoms with Gasteiger partial charge in [0.1, 0.15) is 6.10 Å². The number of carbonyl (C=O) groups excluding carboxylic acids is 1. The highest BCUT2D eigenvalue weighted by Gasteiger charge is 2.36. The molecule has 5 heteroatoms. The van der Waals surface area contributed by atoms with Crippen molar-refractivity contribution >= 4 is 18.3 Å². The van der Waals surface area contributed by atoms with Crippen LogP contribution in [0.2, 0.25) is 0 Å². The summed E-state index contributed by atoms with van der Waals surface area (Å²) in [6.07, 6.45) is 0.670. The van der Waals surface area contributed by atoms with Gasteiger partial charge in [0.15, 0.2) is 0 Å². The largest absolute Gasteiger partial charge is 0.369 e. The molecule has 1 heterocycles. The second-order valence-electron chi connectivity index (χ2n) is 4.62. The summed E-state index contributed by atoms with van der Waals surface area (Å²) < 4.78 is 5.30. The normalized spacial score (nSPS) is 26.4. The lowest BCUT2D eigenvalue weighted by molar-refractivity contribution is -0.141. The first-order chi connectivity index (χ1) is 7.02. The molecule has 2 atom stereocenters. The number of nitrogens with zero attached hydrogens (tertiary/aromatic N) is 1. The van der Waals surface area contributed by atoms with Crippen molar-refractivity contribution in [1.29, 1.82) is 0 Å². The smallest absolute Gasteiger partial charge is 0.251 e. The molecule has 96 valence electrons. The van der Waals surface area contributed by atoms with Gasteiger partial charge in [0.25, 0.3) is 5.91 Å². The van der Waals surface area contributed by atoms with Crippen molar-refractivity contribution in [3.63, 3.8) is 0 Å². The summed E-state index contributed by atoms with van der Waals surface area (Å²) in [6, 6.07) is 0. The molecule has 1 saturated heterocycles. The number of halogens is 1. The molecular weight excluding hydrogens is 228 g/mol. The molecule has 4 nitrogen and oxygen atoms in total. The second-order valence-corrected chi connectivity index (χ2v) is 4.62. The molecule has 0 aliphatic carbocycles. The van der Waals surface area contributed by atoms with Gasteiger partial charge in [-0.05, 0) is 32.2 Å². The Labute approximate surface area is 104 Å². The van der Waals surface area contributed by atoms with E-state index < -0.39 is 0 Å². The Morgan fingerprint density at radius 1 is 1.62 bits per heavy atom. The standard InChI is InChI=1S/C11H22N2O2.ClH/c1-4-15-9(2)10(14)13-6-5-11(3,7-12)8-13;/h9H,4-8,12H2,1-3H3;1H. The number of likely N-dealkylation sites (tertiary alicyclic amines) is 1. The number of ether oxygens (including phenoxy) is 1. The lowest BCUT2D eigenvalue weighted by atomic mass is 9.90.